The number of nitrogens with two attached hydrogens (primary N) is 1. The van der Waals surface area contributed by atoms with E-state index in [-0.39, 0.29) is 41.0 Å². The fourth-order valence-corrected chi connectivity index (χ4v) is 11.5. The van der Waals surface area contributed by atoms with Crippen LogP contribution in [0.5, 0.6) is 0 Å². The molecule has 2 spiro atoms. The van der Waals surface area contributed by atoms with Crippen molar-refractivity contribution in [3.8, 4) is 0 Å². The number of benzene rings is 2. The Balaban J connectivity index is 0.000000133. The summed E-state index contributed by atoms with van der Waals surface area (Å²) in [4.78, 5) is 47.7. The van der Waals surface area contributed by atoms with Crippen molar-refractivity contribution >= 4 is 44.7 Å². The lowest BCUT2D eigenvalue weighted by molar-refractivity contribution is -0.0198. The average molecular weight is 939 g/mol. The van der Waals surface area contributed by atoms with E-state index in [1.54, 1.807) is 71.8 Å². The number of nitrogens with one attached hydrogen (secondary N) is 3. The molecule has 8 N–H and O–H groups in total. The van der Waals surface area contributed by atoms with E-state index in [2.05, 4.69) is 35.9 Å². The van der Waals surface area contributed by atoms with Gasteiger partial charge in [0.15, 0.2) is 11.4 Å². The summed E-state index contributed by atoms with van der Waals surface area (Å²) in [6.07, 6.45) is 12.1. The molecule has 2 aromatic carbocycles. The first-order valence-corrected chi connectivity index (χ1v) is 23.5. The third-order valence-corrected chi connectivity index (χ3v) is 14.4. The van der Waals surface area contributed by atoms with Crippen LogP contribution in [-0.2, 0) is 13.1 Å². The van der Waals surface area contributed by atoms with Gasteiger partial charge in [-0.25, -0.2) is 24.6 Å². The fourth-order valence-electron chi connectivity index (χ4n) is 11.5. The molecule has 0 atom stereocenters. The van der Waals surface area contributed by atoms with Gasteiger partial charge in [-0.1, -0.05) is 36.4 Å². The molecule has 1 amide bonds. The van der Waals surface area contributed by atoms with Gasteiger partial charge < -0.3 is 26.4 Å². The summed E-state index contributed by atoms with van der Waals surface area (Å²) in [6.45, 7) is 7.33. The maximum atomic E-state index is 13.1. The van der Waals surface area contributed by atoms with Crippen LogP contribution in [0.25, 0.3) is 32.8 Å². The molecule has 19 nitrogen and oxygen atoms in total. The third kappa shape index (κ3) is 8.85. The molecule has 360 valence electrons. The Labute approximate surface area is 395 Å². The van der Waals surface area contributed by atoms with Gasteiger partial charge in [0.2, 0.25) is 0 Å². The van der Waals surface area contributed by atoms with Crippen LogP contribution in [0.4, 0.5) is 0 Å². The molecule has 4 saturated carbocycles. The lowest BCUT2D eigenvalue weighted by atomic mass is 9.49. The summed E-state index contributed by atoms with van der Waals surface area (Å²) in [7, 11) is 0. The van der Waals surface area contributed by atoms with Crippen molar-refractivity contribution in [2.24, 2.45) is 16.6 Å². The van der Waals surface area contributed by atoms with Crippen molar-refractivity contribution in [2.75, 3.05) is 0 Å². The number of para-hydroxylation sites is 2. The minimum Gasteiger partial charge on any atom is -0.476 e. The number of carbonyl (C=O) groups excluding carboxylic acids is 1. The molecular weight excluding hydrogens is 881 g/mol. The molecular formula is C50H58N12O7. The predicted molar refractivity (Wildman–Crippen MR) is 257 cm³/mol. The zero-order valence-corrected chi connectivity index (χ0v) is 39.1. The maximum Gasteiger partial charge on any atom is 0.357 e. The molecule has 19 heteroatoms. The number of carbonyl (C=O) groups is 2. The first-order valence-electron chi connectivity index (χ1n) is 23.5. The number of carboxylic acid groups (broad SMARTS) is 1. The van der Waals surface area contributed by atoms with Gasteiger partial charge in [-0.15, -0.1) is 0 Å². The van der Waals surface area contributed by atoms with Crippen molar-refractivity contribution in [1.29, 1.82) is 0 Å². The molecule has 0 aliphatic heterocycles. The minimum atomic E-state index is -1.06. The largest absolute Gasteiger partial charge is 0.476 e. The standard InChI is InChI=1S/C25H28N6O3.C13H16N4O.C12H14N2O3/c1-24(2,34)14-31-18-7-4-3-6-17(18)21(29-31)22(32)26-16-12-25(13-16)10-15(11-25)20-19-8-5-9-30(19)23(33)28-27-20;14-9-6-13(7-9)4-8(5-13)11-10-2-1-3-17(10)12(18)16-15-11;1-12(2,17)7-14-9-6-4-3-5-8(9)10(13-14)11(15)16/h3-9,15-16,34H,10-14H2,1-2H3,(H,26,32)(H,28,33);1-3,8-9H,4-7,14H2,(H,16,18);3-6,17H,7H2,1-2H3,(H,15,16). The summed E-state index contributed by atoms with van der Waals surface area (Å²) < 4.78 is 6.49. The maximum absolute atomic E-state index is 13.1. The lowest BCUT2D eigenvalue weighted by Gasteiger charge is -2.57. The highest BCUT2D eigenvalue weighted by Gasteiger charge is 2.55. The highest BCUT2D eigenvalue weighted by Crippen LogP contribution is 2.62. The minimum absolute atomic E-state index is 0.0184. The molecule has 0 radical (unpaired) electrons. The van der Waals surface area contributed by atoms with E-state index in [9.17, 15) is 29.4 Å². The van der Waals surface area contributed by atoms with Gasteiger partial charge in [0.1, 0.15) is 0 Å². The van der Waals surface area contributed by atoms with Crippen LogP contribution in [0, 0.1) is 10.8 Å². The number of nitrogens with zero attached hydrogens (tertiary/aromatic N) is 8. The van der Waals surface area contributed by atoms with Crippen LogP contribution in [0.3, 0.4) is 0 Å². The first-order chi connectivity index (χ1) is 32.8. The summed E-state index contributed by atoms with van der Waals surface area (Å²) >= 11 is 0. The molecule has 6 heterocycles. The Bertz CT molecular complexity index is 3350. The van der Waals surface area contributed by atoms with Gasteiger partial charge in [-0.2, -0.15) is 20.4 Å². The van der Waals surface area contributed by atoms with Gasteiger partial charge in [0.25, 0.3) is 5.91 Å². The van der Waals surface area contributed by atoms with Crippen LogP contribution in [0.1, 0.15) is 123 Å². The second kappa shape index (κ2) is 16.9. The topological polar surface area (TPSA) is 269 Å². The predicted octanol–water partition coefficient (Wildman–Crippen LogP) is 5.11. The van der Waals surface area contributed by atoms with E-state index in [0.717, 1.165) is 71.8 Å². The van der Waals surface area contributed by atoms with E-state index >= 15 is 0 Å². The molecule has 4 aliphatic carbocycles. The molecule has 6 aromatic heterocycles. The van der Waals surface area contributed by atoms with E-state index in [4.69, 9.17) is 10.8 Å². The number of hydrogen-bond acceptors (Lipinski definition) is 11. The highest BCUT2D eigenvalue weighted by molar-refractivity contribution is 6.05. The molecule has 8 aromatic rings. The second-order valence-electron chi connectivity index (χ2n) is 21.3. The van der Waals surface area contributed by atoms with Gasteiger partial charge >= 0.3 is 17.3 Å². The zero-order chi connectivity index (χ0) is 48.6. The van der Waals surface area contributed by atoms with Gasteiger partial charge in [-0.05, 0) is 126 Å². The average Bonchev–Trinajstić information content (AvgIpc) is 4.06. The smallest absolute Gasteiger partial charge is 0.357 e. The van der Waals surface area contributed by atoms with Crippen LogP contribution in [0.15, 0.2) is 94.8 Å². The summed E-state index contributed by atoms with van der Waals surface area (Å²) in [5.74, 6) is -0.423. The molecule has 0 saturated heterocycles. The first kappa shape index (κ1) is 45.8. The fraction of sp³-hybridized carbons (Fsp3) is 0.440. The van der Waals surface area contributed by atoms with Gasteiger partial charge in [0.05, 0.1) is 57.7 Å². The molecule has 0 unspecified atom stereocenters. The quantitative estimate of drug-likeness (QED) is 0.0995. The molecule has 4 aliphatic rings. The molecule has 69 heavy (non-hydrogen) atoms. The van der Waals surface area contributed by atoms with Gasteiger partial charge in [-0.3, -0.25) is 23.0 Å². The monoisotopic (exact) mass is 938 g/mol. The Morgan fingerprint density at radius 2 is 1.07 bits per heavy atom. The molecule has 12 rings (SSSR count). The Morgan fingerprint density at radius 1 is 0.652 bits per heavy atom. The number of fused-ring (bicyclic) bond motifs is 4. The number of carboxylic acids is 1. The van der Waals surface area contributed by atoms with Crippen LogP contribution >= 0.6 is 0 Å². The number of aromatic amines is 2. The number of aromatic nitrogens is 10. The van der Waals surface area contributed by atoms with E-state index in [1.807, 2.05) is 54.6 Å². The Kier molecular flexibility index (Phi) is 11.2. The van der Waals surface area contributed by atoms with E-state index in [0.29, 0.717) is 46.4 Å². The zero-order valence-electron chi connectivity index (χ0n) is 39.1. The number of aromatic carboxylic acids is 1. The number of rotatable bonds is 9. The van der Waals surface area contributed by atoms with Crippen molar-refractivity contribution in [1.82, 2.24) is 54.1 Å². The van der Waals surface area contributed by atoms with E-state index < -0.39 is 17.2 Å². The highest BCUT2D eigenvalue weighted by atomic mass is 16.4. The summed E-state index contributed by atoms with van der Waals surface area (Å²) in [5.41, 5.74) is 10.1. The van der Waals surface area contributed by atoms with Gasteiger partial charge in [0, 0.05) is 47.1 Å². The normalized spacial score (nSPS) is 23.9. The molecule has 0 bridgehead atoms. The number of H-pyrrole nitrogens is 2. The number of hydrogen-bond donors (Lipinski definition) is 7. The molecule has 4 fully saturated rings. The second-order valence-corrected chi connectivity index (χ2v) is 21.3. The number of amides is 1. The lowest BCUT2D eigenvalue weighted by Crippen LogP contribution is -2.55. The number of aliphatic hydroxyl groups is 2. The van der Waals surface area contributed by atoms with Crippen LogP contribution in [-0.4, -0.2) is 99.2 Å². The van der Waals surface area contributed by atoms with Crippen molar-refractivity contribution in [3.05, 3.63) is 129 Å². The van der Waals surface area contributed by atoms with Crippen LogP contribution < -0.4 is 22.4 Å². The summed E-state index contributed by atoms with van der Waals surface area (Å²) in [6, 6.07) is 22.9. The van der Waals surface area contributed by atoms with Crippen molar-refractivity contribution in [2.45, 2.75) is 127 Å². The van der Waals surface area contributed by atoms with Crippen molar-refractivity contribution in [3.63, 3.8) is 0 Å². The van der Waals surface area contributed by atoms with Crippen LogP contribution in [0.2, 0.25) is 0 Å². The Morgan fingerprint density at radius 3 is 1.52 bits per heavy atom. The SMILES string of the molecule is CC(C)(O)Cn1nc(C(=O)NC2CC3(C2)CC(c2n[nH]c(=O)n4cccc24)C3)c2ccccc21.CC(C)(O)Cn1nc(C(=O)O)c2ccccc21.NC1CC2(C1)CC(c1n[nH]c(=O)n3cccc13)C2. The third-order valence-electron chi connectivity index (χ3n) is 14.4. The summed E-state index contributed by atoms with van der Waals surface area (Å²) in [5, 5.41) is 56.0. The van der Waals surface area contributed by atoms with Crippen molar-refractivity contribution < 1.29 is 24.9 Å². The van der Waals surface area contributed by atoms with E-state index in [1.165, 1.54) is 17.5 Å². The Hall–Kier alpha value is -6.96.